The van der Waals surface area contributed by atoms with Crippen molar-refractivity contribution in [2.75, 3.05) is 24.4 Å². The Balaban J connectivity index is 1.75. The Morgan fingerprint density at radius 3 is 2.52 bits per heavy atom. The van der Waals surface area contributed by atoms with Crippen LogP contribution in [0, 0.1) is 6.92 Å². The number of amides is 1. The van der Waals surface area contributed by atoms with Crippen molar-refractivity contribution < 1.29 is 14.3 Å². The van der Waals surface area contributed by atoms with Crippen molar-refractivity contribution in [1.82, 2.24) is 9.97 Å². The zero-order valence-electron chi connectivity index (χ0n) is 16.7. The molecule has 0 radical (unpaired) electrons. The highest BCUT2D eigenvalue weighted by molar-refractivity contribution is 6.04. The van der Waals surface area contributed by atoms with Crippen LogP contribution in [0.1, 0.15) is 28.8 Å². The van der Waals surface area contributed by atoms with E-state index < -0.39 is 0 Å². The first-order chi connectivity index (χ1) is 14.1. The van der Waals surface area contributed by atoms with Crippen LogP contribution >= 0.6 is 0 Å². The number of para-hydroxylation sites is 3. The second kappa shape index (κ2) is 9.54. The Hall–Kier alpha value is -3.61. The molecule has 0 fully saturated rings. The standard InChI is InChI=1S/C22H24N4O3/c1-4-29-20-12-8-6-10-17(20)26-22(27)18-13-21(25-15(2)24-18)23-14-16-9-5-7-11-19(16)28-3/h5-13H,4,14H2,1-3H3,(H,26,27)(H,23,24,25). The first-order valence-corrected chi connectivity index (χ1v) is 9.35. The van der Waals surface area contributed by atoms with Gasteiger partial charge in [0.25, 0.3) is 5.91 Å². The van der Waals surface area contributed by atoms with E-state index in [0.717, 1.165) is 11.3 Å². The van der Waals surface area contributed by atoms with Gasteiger partial charge in [-0.3, -0.25) is 4.79 Å². The zero-order chi connectivity index (χ0) is 20.6. The summed E-state index contributed by atoms with van der Waals surface area (Å²) in [5.74, 6) is 2.13. The summed E-state index contributed by atoms with van der Waals surface area (Å²) in [5.41, 5.74) is 1.85. The van der Waals surface area contributed by atoms with Crippen LogP contribution in [0.15, 0.2) is 54.6 Å². The molecule has 0 saturated heterocycles. The number of carbonyl (C=O) groups excluding carboxylic acids is 1. The number of ether oxygens (including phenoxy) is 2. The Morgan fingerprint density at radius 2 is 1.76 bits per heavy atom. The molecule has 0 bridgehead atoms. The van der Waals surface area contributed by atoms with E-state index in [2.05, 4.69) is 20.6 Å². The largest absolute Gasteiger partial charge is 0.496 e. The minimum Gasteiger partial charge on any atom is -0.496 e. The molecule has 0 atom stereocenters. The number of aryl methyl sites for hydroxylation is 1. The predicted octanol–water partition coefficient (Wildman–Crippen LogP) is 4.06. The molecular formula is C22H24N4O3. The fourth-order valence-corrected chi connectivity index (χ4v) is 2.85. The maximum atomic E-state index is 12.7. The van der Waals surface area contributed by atoms with Gasteiger partial charge in [0.15, 0.2) is 0 Å². The van der Waals surface area contributed by atoms with Gasteiger partial charge in [-0.05, 0) is 32.0 Å². The summed E-state index contributed by atoms with van der Waals surface area (Å²) in [7, 11) is 1.64. The topological polar surface area (TPSA) is 85.4 Å². The van der Waals surface area contributed by atoms with Crippen molar-refractivity contribution in [2.45, 2.75) is 20.4 Å². The third-order valence-corrected chi connectivity index (χ3v) is 4.16. The number of nitrogens with zero attached hydrogens (tertiary/aromatic N) is 2. The van der Waals surface area contributed by atoms with Gasteiger partial charge in [0.2, 0.25) is 0 Å². The average molecular weight is 392 g/mol. The van der Waals surface area contributed by atoms with Crippen LogP contribution in [-0.2, 0) is 6.54 Å². The molecule has 7 nitrogen and oxygen atoms in total. The number of carbonyl (C=O) groups is 1. The van der Waals surface area contributed by atoms with E-state index in [0.29, 0.717) is 36.2 Å². The molecule has 29 heavy (non-hydrogen) atoms. The van der Waals surface area contributed by atoms with Crippen LogP contribution in [0.5, 0.6) is 11.5 Å². The number of anilines is 2. The quantitative estimate of drug-likeness (QED) is 0.601. The van der Waals surface area contributed by atoms with Gasteiger partial charge < -0.3 is 20.1 Å². The maximum Gasteiger partial charge on any atom is 0.274 e. The summed E-state index contributed by atoms with van der Waals surface area (Å²) in [6, 6.07) is 16.6. The summed E-state index contributed by atoms with van der Waals surface area (Å²) in [4.78, 5) is 21.4. The van der Waals surface area contributed by atoms with E-state index in [1.807, 2.05) is 49.4 Å². The summed E-state index contributed by atoms with van der Waals surface area (Å²) in [5, 5.41) is 6.09. The molecule has 7 heteroatoms. The Kier molecular flexibility index (Phi) is 6.63. The molecule has 3 aromatic rings. The van der Waals surface area contributed by atoms with E-state index in [9.17, 15) is 4.79 Å². The lowest BCUT2D eigenvalue weighted by Crippen LogP contribution is -2.16. The van der Waals surface area contributed by atoms with Crippen LogP contribution in [0.25, 0.3) is 0 Å². The van der Waals surface area contributed by atoms with Crippen molar-refractivity contribution in [3.63, 3.8) is 0 Å². The lowest BCUT2D eigenvalue weighted by atomic mass is 10.2. The number of benzene rings is 2. The second-order valence-electron chi connectivity index (χ2n) is 6.23. The highest BCUT2D eigenvalue weighted by Crippen LogP contribution is 2.24. The Labute approximate surface area is 170 Å². The van der Waals surface area contributed by atoms with E-state index in [-0.39, 0.29) is 11.6 Å². The summed E-state index contributed by atoms with van der Waals surface area (Å²) >= 11 is 0. The number of hydrogen-bond donors (Lipinski definition) is 2. The summed E-state index contributed by atoms with van der Waals surface area (Å²) in [6.45, 7) is 4.66. The van der Waals surface area contributed by atoms with Gasteiger partial charge in [0.05, 0.1) is 19.4 Å². The van der Waals surface area contributed by atoms with Crippen molar-refractivity contribution in [3.05, 3.63) is 71.7 Å². The summed E-state index contributed by atoms with van der Waals surface area (Å²) < 4.78 is 10.9. The third kappa shape index (κ3) is 5.22. The number of aromatic nitrogens is 2. The molecule has 0 saturated carbocycles. The summed E-state index contributed by atoms with van der Waals surface area (Å²) in [6.07, 6.45) is 0. The highest BCUT2D eigenvalue weighted by Gasteiger charge is 2.13. The van der Waals surface area contributed by atoms with Crippen LogP contribution in [0.2, 0.25) is 0 Å². The highest BCUT2D eigenvalue weighted by atomic mass is 16.5. The molecule has 0 unspecified atom stereocenters. The molecule has 3 rings (SSSR count). The first-order valence-electron chi connectivity index (χ1n) is 9.35. The molecule has 1 aromatic heterocycles. The predicted molar refractivity (Wildman–Crippen MR) is 113 cm³/mol. The maximum absolute atomic E-state index is 12.7. The Morgan fingerprint density at radius 1 is 1.03 bits per heavy atom. The molecule has 0 aliphatic carbocycles. The van der Waals surface area contributed by atoms with Gasteiger partial charge >= 0.3 is 0 Å². The van der Waals surface area contributed by atoms with Crippen molar-refractivity contribution in [1.29, 1.82) is 0 Å². The SMILES string of the molecule is CCOc1ccccc1NC(=O)c1cc(NCc2ccccc2OC)nc(C)n1. The van der Waals surface area contributed by atoms with Gasteiger partial charge in [-0.15, -0.1) is 0 Å². The molecule has 2 N–H and O–H groups in total. The van der Waals surface area contributed by atoms with Gasteiger partial charge in [0, 0.05) is 18.2 Å². The second-order valence-corrected chi connectivity index (χ2v) is 6.23. The third-order valence-electron chi connectivity index (χ3n) is 4.16. The normalized spacial score (nSPS) is 10.3. The molecule has 1 amide bonds. The van der Waals surface area contributed by atoms with Gasteiger partial charge in [-0.1, -0.05) is 30.3 Å². The fraction of sp³-hybridized carbons (Fsp3) is 0.227. The van der Waals surface area contributed by atoms with Crippen LogP contribution in [0.4, 0.5) is 11.5 Å². The Bertz CT molecular complexity index is 991. The molecule has 2 aromatic carbocycles. The number of methoxy groups -OCH3 is 1. The molecule has 150 valence electrons. The number of nitrogens with one attached hydrogen (secondary N) is 2. The molecular weight excluding hydrogens is 368 g/mol. The lowest BCUT2D eigenvalue weighted by molar-refractivity contribution is 0.102. The van der Waals surface area contributed by atoms with Crippen LogP contribution in [-0.4, -0.2) is 29.6 Å². The number of rotatable bonds is 8. The first kappa shape index (κ1) is 20.1. The van der Waals surface area contributed by atoms with Gasteiger partial charge in [0.1, 0.15) is 28.8 Å². The minimum atomic E-state index is -0.331. The van der Waals surface area contributed by atoms with Crippen LogP contribution < -0.4 is 20.1 Å². The molecule has 0 spiro atoms. The van der Waals surface area contributed by atoms with Crippen LogP contribution in [0.3, 0.4) is 0 Å². The minimum absolute atomic E-state index is 0.270. The van der Waals surface area contributed by atoms with E-state index >= 15 is 0 Å². The van der Waals surface area contributed by atoms with Gasteiger partial charge in [-0.25, -0.2) is 9.97 Å². The van der Waals surface area contributed by atoms with Crippen molar-refractivity contribution in [3.8, 4) is 11.5 Å². The average Bonchev–Trinajstić information content (AvgIpc) is 2.73. The van der Waals surface area contributed by atoms with E-state index in [1.165, 1.54) is 0 Å². The molecule has 0 aliphatic rings. The lowest BCUT2D eigenvalue weighted by Gasteiger charge is -2.13. The van der Waals surface area contributed by atoms with Crippen molar-refractivity contribution in [2.24, 2.45) is 0 Å². The fourth-order valence-electron chi connectivity index (χ4n) is 2.85. The molecule has 1 heterocycles. The van der Waals surface area contributed by atoms with E-state index in [1.54, 1.807) is 26.2 Å². The smallest absolute Gasteiger partial charge is 0.274 e. The zero-order valence-corrected chi connectivity index (χ0v) is 16.7. The van der Waals surface area contributed by atoms with E-state index in [4.69, 9.17) is 9.47 Å². The number of hydrogen-bond acceptors (Lipinski definition) is 6. The van der Waals surface area contributed by atoms with Gasteiger partial charge in [-0.2, -0.15) is 0 Å². The molecule has 0 aliphatic heterocycles. The monoisotopic (exact) mass is 392 g/mol. The van der Waals surface area contributed by atoms with Crippen molar-refractivity contribution >= 4 is 17.4 Å².